The number of aromatic nitrogens is 3. The van der Waals surface area contributed by atoms with Crippen LogP contribution in [0.5, 0.6) is 0 Å². The number of allylic oxidation sites excluding steroid dienone is 1. The smallest absolute Gasteiger partial charge is 0.338 e. The highest BCUT2D eigenvalue weighted by molar-refractivity contribution is 5.92. The number of nitro groups is 1. The third-order valence-electron chi connectivity index (χ3n) is 5.14. The van der Waals surface area contributed by atoms with E-state index in [9.17, 15) is 14.9 Å². The summed E-state index contributed by atoms with van der Waals surface area (Å²) in [7, 11) is 0. The number of hydrogen-bond donors (Lipinski definition) is 1. The second kappa shape index (κ2) is 10.00. The molecule has 1 aliphatic rings. The van der Waals surface area contributed by atoms with Crippen LogP contribution < -0.4 is 5.32 Å². The third kappa shape index (κ3) is 4.84. The summed E-state index contributed by atoms with van der Waals surface area (Å²) in [5.41, 5.74) is 1.49. The van der Waals surface area contributed by atoms with Crippen molar-refractivity contribution in [3.63, 3.8) is 0 Å². The lowest BCUT2D eigenvalue weighted by Gasteiger charge is -2.28. The lowest BCUT2D eigenvalue weighted by atomic mass is 9.95. The van der Waals surface area contributed by atoms with Crippen LogP contribution in [0.15, 0.2) is 41.9 Å². The van der Waals surface area contributed by atoms with Gasteiger partial charge in [-0.25, -0.2) is 9.48 Å². The van der Waals surface area contributed by atoms with Crippen LogP contribution in [-0.2, 0) is 9.53 Å². The summed E-state index contributed by atoms with van der Waals surface area (Å²) in [6.07, 6.45) is 7.96. The van der Waals surface area contributed by atoms with Crippen LogP contribution in [0.25, 0.3) is 0 Å². The van der Waals surface area contributed by atoms with Gasteiger partial charge in [0, 0.05) is 17.8 Å². The minimum absolute atomic E-state index is 0.0508. The van der Waals surface area contributed by atoms with Crippen LogP contribution in [0.3, 0.4) is 0 Å². The summed E-state index contributed by atoms with van der Waals surface area (Å²) in [5, 5.41) is 18.5. The Hall–Kier alpha value is -3.23. The lowest BCUT2D eigenvalue weighted by molar-refractivity contribution is -0.384. The Morgan fingerprint density at radius 3 is 2.80 bits per heavy atom. The Morgan fingerprint density at radius 1 is 1.27 bits per heavy atom. The molecule has 30 heavy (non-hydrogen) atoms. The number of nitro benzene ring substituents is 1. The molecule has 0 bridgehead atoms. The van der Waals surface area contributed by atoms with Crippen molar-refractivity contribution >= 4 is 17.6 Å². The van der Waals surface area contributed by atoms with E-state index < -0.39 is 16.9 Å². The summed E-state index contributed by atoms with van der Waals surface area (Å²) in [4.78, 5) is 27.9. The van der Waals surface area contributed by atoms with Gasteiger partial charge in [-0.15, -0.1) is 0 Å². The van der Waals surface area contributed by atoms with E-state index in [2.05, 4.69) is 22.3 Å². The number of benzene rings is 1. The minimum atomic E-state index is -0.652. The Labute approximate surface area is 175 Å². The summed E-state index contributed by atoms with van der Waals surface area (Å²) in [6, 6.07) is 5.56. The molecule has 1 aromatic heterocycles. The van der Waals surface area contributed by atoms with Gasteiger partial charge >= 0.3 is 5.97 Å². The zero-order chi connectivity index (χ0) is 21.5. The monoisotopic (exact) mass is 413 g/mol. The van der Waals surface area contributed by atoms with Crippen molar-refractivity contribution in [3.05, 3.63) is 57.5 Å². The summed E-state index contributed by atoms with van der Waals surface area (Å²) in [5.74, 6) is 0.0164. The Morgan fingerprint density at radius 2 is 2.03 bits per heavy atom. The average Bonchev–Trinajstić information content (AvgIpc) is 3.20. The second-order valence-corrected chi connectivity index (χ2v) is 7.35. The van der Waals surface area contributed by atoms with Crippen molar-refractivity contribution in [2.24, 2.45) is 0 Å². The molecule has 0 spiro atoms. The van der Waals surface area contributed by atoms with Crippen LogP contribution in [0.1, 0.15) is 64.0 Å². The van der Waals surface area contributed by atoms with Gasteiger partial charge in [-0.2, -0.15) is 10.1 Å². The zero-order valence-corrected chi connectivity index (χ0v) is 17.3. The Kier molecular flexibility index (Phi) is 7.16. The molecule has 0 amide bonds. The fourth-order valence-corrected chi connectivity index (χ4v) is 3.60. The largest absolute Gasteiger partial charge is 0.462 e. The quantitative estimate of drug-likeness (QED) is 0.266. The lowest BCUT2D eigenvalue weighted by Crippen LogP contribution is -2.29. The maximum absolute atomic E-state index is 13.0. The van der Waals surface area contributed by atoms with Crippen LogP contribution in [0.2, 0.25) is 0 Å². The van der Waals surface area contributed by atoms with Crippen molar-refractivity contribution in [1.82, 2.24) is 14.8 Å². The molecule has 1 aliphatic heterocycles. The molecule has 0 radical (unpaired) electrons. The minimum Gasteiger partial charge on any atom is -0.462 e. The van der Waals surface area contributed by atoms with Gasteiger partial charge in [-0.05, 0) is 18.9 Å². The molecule has 3 rings (SSSR count). The molecule has 0 saturated heterocycles. The van der Waals surface area contributed by atoms with Gasteiger partial charge in [0.25, 0.3) is 5.69 Å². The molecule has 160 valence electrons. The fraction of sp³-hybridized carbons (Fsp3) is 0.476. The average molecular weight is 413 g/mol. The van der Waals surface area contributed by atoms with E-state index in [0.717, 1.165) is 19.3 Å². The molecule has 1 atom stereocenters. The van der Waals surface area contributed by atoms with Gasteiger partial charge in [0.1, 0.15) is 12.4 Å². The van der Waals surface area contributed by atoms with Crippen molar-refractivity contribution in [3.8, 4) is 0 Å². The molecule has 0 unspecified atom stereocenters. The van der Waals surface area contributed by atoms with Gasteiger partial charge in [-0.1, -0.05) is 51.2 Å². The van der Waals surface area contributed by atoms with Crippen LogP contribution >= 0.6 is 0 Å². The number of anilines is 1. The van der Waals surface area contributed by atoms with Gasteiger partial charge in [0.05, 0.1) is 17.1 Å². The first kappa shape index (κ1) is 21.5. The van der Waals surface area contributed by atoms with Gasteiger partial charge < -0.3 is 10.1 Å². The molecule has 0 aliphatic carbocycles. The number of ether oxygens (including phenoxy) is 1. The molecular weight excluding hydrogens is 386 g/mol. The number of fused-ring (bicyclic) bond motifs is 1. The number of rotatable bonds is 10. The first-order chi connectivity index (χ1) is 14.5. The molecular formula is C21H27N5O4. The van der Waals surface area contributed by atoms with E-state index in [1.165, 1.54) is 37.7 Å². The van der Waals surface area contributed by atoms with E-state index in [4.69, 9.17) is 4.74 Å². The molecule has 9 nitrogen and oxygen atoms in total. The third-order valence-corrected chi connectivity index (χ3v) is 5.14. The van der Waals surface area contributed by atoms with Crippen molar-refractivity contribution in [2.75, 3.05) is 11.9 Å². The molecule has 2 heterocycles. The Bertz CT molecular complexity index is 937. The number of carbonyl (C=O) groups excluding carboxylic acids is 1. The van der Waals surface area contributed by atoms with Crippen molar-refractivity contribution < 1.29 is 14.5 Å². The number of esters is 1. The molecule has 2 aromatic rings. The van der Waals surface area contributed by atoms with E-state index in [-0.39, 0.29) is 5.69 Å². The van der Waals surface area contributed by atoms with E-state index in [1.54, 1.807) is 23.7 Å². The predicted molar refractivity (Wildman–Crippen MR) is 112 cm³/mol. The number of nitrogens with one attached hydrogen (secondary N) is 1. The summed E-state index contributed by atoms with van der Waals surface area (Å²) >= 11 is 0. The molecule has 1 aromatic carbocycles. The van der Waals surface area contributed by atoms with Crippen molar-refractivity contribution in [1.29, 1.82) is 0 Å². The zero-order valence-electron chi connectivity index (χ0n) is 17.3. The second-order valence-electron chi connectivity index (χ2n) is 7.35. The first-order valence-corrected chi connectivity index (χ1v) is 10.3. The number of unbranched alkanes of at least 4 members (excludes halogenated alkanes) is 5. The molecule has 9 heteroatoms. The maximum atomic E-state index is 13.0. The Balaban J connectivity index is 1.78. The number of carbonyl (C=O) groups is 1. The topological polar surface area (TPSA) is 112 Å². The molecule has 0 fully saturated rings. The molecule has 1 N–H and O–H groups in total. The normalized spacial score (nSPS) is 15.5. The predicted octanol–water partition coefficient (Wildman–Crippen LogP) is 4.38. The van der Waals surface area contributed by atoms with E-state index in [0.29, 0.717) is 29.4 Å². The SMILES string of the molecule is CCCCCCCCOC(=O)C1=C(C)Nc2ncnn2[C@@H]1c1cccc([N+](=O)[O-])c1. The van der Waals surface area contributed by atoms with Gasteiger partial charge in [0.15, 0.2) is 0 Å². The van der Waals surface area contributed by atoms with E-state index in [1.807, 2.05) is 0 Å². The van der Waals surface area contributed by atoms with Crippen LogP contribution in [0.4, 0.5) is 11.6 Å². The number of nitrogens with zero attached hydrogens (tertiary/aromatic N) is 4. The van der Waals surface area contributed by atoms with E-state index >= 15 is 0 Å². The van der Waals surface area contributed by atoms with Gasteiger partial charge in [-0.3, -0.25) is 10.1 Å². The van der Waals surface area contributed by atoms with Crippen LogP contribution in [-0.4, -0.2) is 32.3 Å². The maximum Gasteiger partial charge on any atom is 0.338 e. The highest BCUT2D eigenvalue weighted by Gasteiger charge is 2.34. The van der Waals surface area contributed by atoms with Crippen molar-refractivity contribution in [2.45, 2.75) is 58.4 Å². The fourth-order valence-electron chi connectivity index (χ4n) is 3.60. The number of hydrogen-bond acceptors (Lipinski definition) is 7. The highest BCUT2D eigenvalue weighted by Crippen LogP contribution is 2.36. The first-order valence-electron chi connectivity index (χ1n) is 10.3. The van der Waals surface area contributed by atoms with Gasteiger partial charge in [0.2, 0.25) is 5.95 Å². The highest BCUT2D eigenvalue weighted by atomic mass is 16.6. The number of non-ortho nitro benzene ring substituents is 1. The standard InChI is InChI=1S/C21H27N5O4/c1-3-4-5-6-7-8-12-30-20(27)18-15(2)24-21-22-14-23-25(21)19(18)16-10-9-11-17(13-16)26(28)29/h9-11,13-14,19H,3-8,12H2,1-2H3,(H,22,23,24)/t19-/m1/s1. The molecule has 0 saturated carbocycles. The van der Waals surface area contributed by atoms with Crippen LogP contribution in [0, 0.1) is 10.1 Å². The summed E-state index contributed by atoms with van der Waals surface area (Å²) < 4.78 is 7.10. The summed E-state index contributed by atoms with van der Waals surface area (Å²) in [6.45, 7) is 4.28.